The molecule has 5 rings (SSSR count). The van der Waals surface area contributed by atoms with Crippen LogP contribution in [-0.4, -0.2) is 50.0 Å². The highest BCUT2D eigenvalue weighted by molar-refractivity contribution is 5.83. The summed E-state index contributed by atoms with van der Waals surface area (Å²) >= 11 is 0. The third-order valence-corrected chi connectivity index (χ3v) is 6.25. The van der Waals surface area contributed by atoms with Crippen LogP contribution in [0.2, 0.25) is 0 Å². The molecule has 0 aromatic heterocycles. The van der Waals surface area contributed by atoms with E-state index in [2.05, 4.69) is 58.6 Å². The topological polar surface area (TPSA) is 69.4 Å². The molecule has 0 amide bonds. The Hall–Kier alpha value is -3.64. The largest absolute Gasteiger partial charge is 0.546 e. The van der Waals surface area contributed by atoms with Gasteiger partial charge in [0.1, 0.15) is 18.4 Å². The maximum atomic E-state index is 10.7. The van der Waals surface area contributed by atoms with E-state index in [0.717, 1.165) is 31.7 Å². The molecule has 3 aromatic carbocycles. The van der Waals surface area contributed by atoms with Crippen LogP contribution < -0.4 is 14.7 Å². The van der Waals surface area contributed by atoms with Crippen molar-refractivity contribution < 1.29 is 19.5 Å². The van der Waals surface area contributed by atoms with Gasteiger partial charge in [0.05, 0.1) is 38.4 Å². The van der Waals surface area contributed by atoms with E-state index in [4.69, 9.17) is 4.74 Å². The van der Waals surface area contributed by atoms with Crippen LogP contribution in [0.4, 0.5) is 0 Å². The molecule has 1 fully saturated rings. The average molecular weight is 428 g/mol. The van der Waals surface area contributed by atoms with Gasteiger partial charge in [-0.2, -0.15) is 5.10 Å². The molecule has 1 N–H and O–H groups in total. The molecule has 1 aliphatic carbocycles. The van der Waals surface area contributed by atoms with Crippen LogP contribution >= 0.6 is 0 Å². The van der Waals surface area contributed by atoms with Gasteiger partial charge in [-0.05, 0) is 23.3 Å². The Morgan fingerprint density at radius 1 is 0.969 bits per heavy atom. The number of carbonyl (C=O) groups is 1. The van der Waals surface area contributed by atoms with Gasteiger partial charge in [-0.15, -0.1) is 0 Å². The third-order valence-electron chi connectivity index (χ3n) is 6.25. The molecule has 0 radical (unpaired) electrons. The summed E-state index contributed by atoms with van der Waals surface area (Å²) in [6.07, 6.45) is 1.75. The lowest BCUT2D eigenvalue weighted by atomic mass is 10.0. The van der Waals surface area contributed by atoms with Gasteiger partial charge in [-0.3, -0.25) is 5.01 Å². The van der Waals surface area contributed by atoms with Gasteiger partial charge in [-0.25, -0.2) is 0 Å². The van der Waals surface area contributed by atoms with E-state index in [9.17, 15) is 9.90 Å². The van der Waals surface area contributed by atoms with Crippen molar-refractivity contribution in [3.63, 3.8) is 0 Å². The molecule has 0 unspecified atom stereocenters. The molecular weight excluding hydrogens is 402 g/mol. The van der Waals surface area contributed by atoms with Crippen LogP contribution in [0.3, 0.4) is 0 Å². The molecule has 0 saturated carbocycles. The van der Waals surface area contributed by atoms with Crippen LogP contribution in [-0.2, 0) is 4.79 Å². The van der Waals surface area contributed by atoms with Crippen molar-refractivity contribution in [3.05, 3.63) is 89.5 Å². The molecular formula is C26H25N3O3. The Bertz CT molecular complexity index is 1110. The van der Waals surface area contributed by atoms with Gasteiger partial charge < -0.3 is 19.5 Å². The van der Waals surface area contributed by atoms with Gasteiger partial charge in [0, 0.05) is 16.7 Å². The van der Waals surface area contributed by atoms with Crippen LogP contribution in [0, 0.1) is 0 Å². The first-order valence-electron chi connectivity index (χ1n) is 10.9. The van der Waals surface area contributed by atoms with Crippen LogP contribution in [0.1, 0.15) is 22.7 Å². The summed E-state index contributed by atoms with van der Waals surface area (Å²) in [6, 6.07) is 25.2. The molecule has 3 aromatic rings. The molecule has 32 heavy (non-hydrogen) atoms. The molecule has 2 aliphatic rings. The summed E-state index contributed by atoms with van der Waals surface area (Å²) in [5.74, 6) is -0.755. The quantitative estimate of drug-likeness (QED) is 0.599. The Kier molecular flexibility index (Phi) is 5.60. The summed E-state index contributed by atoms with van der Waals surface area (Å²) in [7, 11) is 0. The number of carbonyl (C=O) groups excluding carboxylic acids is 1. The van der Waals surface area contributed by atoms with Crippen LogP contribution in [0.5, 0.6) is 5.75 Å². The minimum absolute atomic E-state index is 0.368. The molecule has 162 valence electrons. The van der Waals surface area contributed by atoms with Crippen molar-refractivity contribution in [2.45, 2.75) is 6.04 Å². The lowest BCUT2D eigenvalue weighted by molar-refractivity contribution is -0.929. The fourth-order valence-electron chi connectivity index (χ4n) is 4.78. The molecule has 0 spiro atoms. The highest BCUT2D eigenvalue weighted by Crippen LogP contribution is 2.41. The van der Waals surface area contributed by atoms with E-state index in [0.29, 0.717) is 11.8 Å². The Morgan fingerprint density at radius 3 is 2.22 bits per heavy atom. The zero-order valence-corrected chi connectivity index (χ0v) is 17.7. The summed E-state index contributed by atoms with van der Waals surface area (Å²) in [6.45, 7) is 3.22. The van der Waals surface area contributed by atoms with Crippen molar-refractivity contribution in [1.29, 1.82) is 0 Å². The zero-order chi connectivity index (χ0) is 21.9. The lowest BCUT2D eigenvalue weighted by Crippen LogP contribution is -3.14. The van der Waals surface area contributed by atoms with Crippen molar-refractivity contribution in [1.82, 2.24) is 5.01 Å². The number of fused-ring (bicyclic) bond motifs is 3. The second kappa shape index (κ2) is 8.85. The van der Waals surface area contributed by atoms with E-state index in [-0.39, 0.29) is 0 Å². The summed E-state index contributed by atoms with van der Waals surface area (Å²) in [5.41, 5.74) is 6.30. The highest BCUT2D eigenvalue weighted by Gasteiger charge is 2.37. The fraction of sp³-hybridized carbons (Fsp3) is 0.231. The minimum Gasteiger partial charge on any atom is -0.546 e. The highest BCUT2D eigenvalue weighted by atomic mass is 16.5. The standard InChI is InChI=1S/C26H25N3O3/c30-25(31)18-32-24-12-6-1-7-19(24)17-27-29-15-13-28(14-16-29)26-22-10-4-2-8-20(22)21-9-3-5-11-23(21)26/h1-12,17,26H,13-16,18H2,(H,30,31). The lowest BCUT2D eigenvalue weighted by Gasteiger charge is -2.34. The number of quaternary nitrogens is 1. The number of benzene rings is 3. The van der Waals surface area contributed by atoms with Gasteiger partial charge in [0.25, 0.3) is 0 Å². The van der Waals surface area contributed by atoms with Gasteiger partial charge in [0.2, 0.25) is 0 Å². The Morgan fingerprint density at radius 2 is 1.56 bits per heavy atom. The van der Waals surface area contributed by atoms with E-state index >= 15 is 0 Å². The first-order chi connectivity index (χ1) is 15.7. The van der Waals surface area contributed by atoms with E-state index in [1.54, 1.807) is 23.2 Å². The number of carboxylic acid groups (broad SMARTS) is 1. The maximum absolute atomic E-state index is 10.7. The van der Waals surface area contributed by atoms with Crippen molar-refractivity contribution >= 4 is 12.2 Å². The number of piperazine rings is 1. The maximum Gasteiger partial charge on any atom is 0.140 e. The second-order valence-corrected chi connectivity index (χ2v) is 8.16. The molecule has 0 bridgehead atoms. The predicted molar refractivity (Wildman–Crippen MR) is 121 cm³/mol. The number of hydrazone groups is 1. The van der Waals surface area contributed by atoms with Gasteiger partial charge in [-0.1, -0.05) is 60.7 Å². The Balaban J connectivity index is 1.27. The van der Waals surface area contributed by atoms with Crippen LogP contribution in [0.15, 0.2) is 77.9 Å². The number of aliphatic carboxylic acids is 1. The smallest absolute Gasteiger partial charge is 0.140 e. The molecule has 6 heteroatoms. The molecule has 0 atom stereocenters. The van der Waals surface area contributed by atoms with E-state index in [1.165, 1.54) is 22.3 Å². The summed E-state index contributed by atoms with van der Waals surface area (Å²) < 4.78 is 5.31. The van der Waals surface area contributed by atoms with E-state index in [1.807, 2.05) is 12.1 Å². The number of rotatable bonds is 6. The number of para-hydroxylation sites is 1. The summed E-state index contributed by atoms with van der Waals surface area (Å²) in [5, 5.41) is 17.4. The minimum atomic E-state index is -1.24. The van der Waals surface area contributed by atoms with Crippen molar-refractivity contribution in [3.8, 4) is 16.9 Å². The van der Waals surface area contributed by atoms with Crippen LogP contribution in [0.25, 0.3) is 11.1 Å². The predicted octanol–water partition coefficient (Wildman–Crippen LogP) is 1.12. The normalized spacial score (nSPS) is 16.2. The SMILES string of the molecule is O=C([O-])COc1ccccc1C=NN1CC[NH+](C2c3ccccc3-c3ccccc32)CC1. The first-order valence-corrected chi connectivity index (χ1v) is 10.9. The number of ether oxygens (including phenoxy) is 1. The molecule has 1 heterocycles. The Labute approximate surface area is 187 Å². The molecule has 1 aliphatic heterocycles. The average Bonchev–Trinajstić information content (AvgIpc) is 3.17. The van der Waals surface area contributed by atoms with Gasteiger partial charge >= 0.3 is 0 Å². The fourth-order valence-corrected chi connectivity index (χ4v) is 4.78. The van der Waals surface area contributed by atoms with Crippen molar-refractivity contribution in [2.75, 3.05) is 32.8 Å². The van der Waals surface area contributed by atoms with E-state index < -0.39 is 12.6 Å². The zero-order valence-electron chi connectivity index (χ0n) is 17.7. The number of hydrogen-bond donors (Lipinski definition) is 1. The summed E-state index contributed by atoms with van der Waals surface area (Å²) in [4.78, 5) is 12.3. The number of nitrogens with one attached hydrogen (secondary N) is 1. The molecule has 6 nitrogen and oxygen atoms in total. The second-order valence-electron chi connectivity index (χ2n) is 8.16. The first kappa shape index (κ1) is 20.3. The molecule has 1 saturated heterocycles. The number of hydrogen-bond acceptors (Lipinski definition) is 5. The van der Waals surface area contributed by atoms with Gasteiger partial charge in [0.15, 0.2) is 0 Å². The van der Waals surface area contributed by atoms with Crippen molar-refractivity contribution in [2.24, 2.45) is 5.10 Å². The number of nitrogens with zero attached hydrogens (tertiary/aromatic N) is 2. The number of carboxylic acids is 1. The monoisotopic (exact) mass is 427 g/mol. The third kappa shape index (κ3) is 3.97.